The number of aryl methyl sites for hydroxylation is 1. The fourth-order valence-corrected chi connectivity index (χ4v) is 1.67. The van der Waals surface area contributed by atoms with Crippen LogP contribution < -0.4 is 0 Å². The predicted molar refractivity (Wildman–Crippen MR) is 57.8 cm³/mol. The van der Waals surface area contributed by atoms with E-state index in [9.17, 15) is 4.79 Å². The van der Waals surface area contributed by atoms with Crippen molar-refractivity contribution in [2.45, 2.75) is 18.1 Å². The number of thioether (sulfide) groups is 1. The van der Waals surface area contributed by atoms with Crippen molar-refractivity contribution in [1.82, 2.24) is 25.1 Å². The van der Waals surface area contributed by atoms with Crippen LogP contribution in [-0.2, 0) is 11.3 Å². The van der Waals surface area contributed by atoms with Crippen molar-refractivity contribution in [2.75, 3.05) is 26.4 Å². The van der Waals surface area contributed by atoms with Gasteiger partial charge in [0.05, 0.1) is 5.75 Å². The molecule has 0 fully saturated rings. The molecule has 0 saturated heterocycles. The maximum atomic E-state index is 10.2. The van der Waals surface area contributed by atoms with Crippen LogP contribution in [0.5, 0.6) is 0 Å². The molecule has 7 heteroatoms. The monoisotopic (exact) mass is 229 g/mol. The van der Waals surface area contributed by atoms with Crippen LogP contribution in [0.2, 0.25) is 0 Å². The van der Waals surface area contributed by atoms with Crippen molar-refractivity contribution in [3.63, 3.8) is 0 Å². The Balaban J connectivity index is 2.39. The second-order valence-electron chi connectivity index (χ2n) is 3.32. The van der Waals surface area contributed by atoms with E-state index in [-0.39, 0.29) is 0 Å². The highest BCUT2D eigenvalue weighted by Gasteiger charge is 2.05. The number of rotatable bonds is 7. The highest BCUT2D eigenvalue weighted by Crippen LogP contribution is 2.11. The number of tetrazole rings is 1. The van der Waals surface area contributed by atoms with Crippen LogP contribution in [0.1, 0.15) is 6.42 Å². The van der Waals surface area contributed by atoms with E-state index in [0.717, 1.165) is 25.8 Å². The summed E-state index contributed by atoms with van der Waals surface area (Å²) < 4.78 is 1.73. The first kappa shape index (κ1) is 12.1. The maximum absolute atomic E-state index is 10.2. The van der Waals surface area contributed by atoms with Crippen LogP contribution in [0.3, 0.4) is 0 Å². The average Bonchev–Trinajstić information content (AvgIpc) is 2.62. The summed E-state index contributed by atoms with van der Waals surface area (Å²) in [4.78, 5) is 12.3. The molecule has 0 bridgehead atoms. The average molecular weight is 229 g/mol. The summed E-state index contributed by atoms with van der Waals surface area (Å²) in [5.74, 6) is 0.397. The minimum atomic E-state index is 0.397. The molecule has 0 aliphatic heterocycles. The Labute approximate surface area is 93.0 Å². The Morgan fingerprint density at radius 3 is 3.00 bits per heavy atom. The molecule has 0 unspecified atom stereocenters. The first-order valence-electron chi connectivity index (χ1n) is 4.71. The number of carbonyl (C=O) groups is 1. The van der Waals surface area contributed by atoms with Gasteiger partial charge in [-0.1, -0.05) is 11.8 Å². The molecule has 0 saturated carbocycles. The molecule has 0 aliphatic carbocycles. The van der Waals surface area contributed by atoms with E-state index in [4.69, 9.17) is 0 Å². The van der Waals surface area contributed by atoms with E-state index in [1.807, 2.05) is 14.1 Å². The van der Waals surface area contributed by atoms with E-state index in [0.29, 0.717) is 10.9 Å². The fraction of sp³-hybridized carbons (Fsp3) is 0.750. The first-order valence-corrected chi connectivity index (χ1v) is 5.70. The Hall–Kier alpha value is -0.950. The lowest BCUT2D eigenvalue weighted by Gasteiger charge is -2.08. The predicted octanol–water partition coefficient (Wildman–Crippen LogP) is -0.0842. The van der Waals surface area contributed by atoms with Gasteiger partial charge in [0.25, 0.3) is 0 Å². The lowest BCUT2D eigenvalue weighted by atomic mass is 10.4. The molecule has 0 aromatic carbocycles. The van der Waals surface area contributed by atoms with Gasteiger partial charge in [0, 0.05) is 6.54 Å². The van der Waals surface area contributed by atoms with Gasteiger partial charge in [0.15, 0.2) is 0 Å². The van der Waals surface area contributed by atoms with Gasteiger partial charge in [0.2, 0.25) is 5.16 Å². The zero-order chi connectivity index (χ0) is 11.1. The summed E-state index contributed by atoms with van der Waals surface area (Å²) in [6.07, 6.45) is 1.84. The zero-order valence-electron chi connectivity index (χ0n) is 8.96. The van der Waals surface area contributed by atoms with Crippen molar-refractivity contribution in [2.24, 2.45) is 0 Å². The molecule has 0 spiro atoms. The fourth-order valence-electron chi connectivity index (χ4n) is 1.09. The van der Waals surface area contributed by atoms with Gasteiger partial charge in [-0.2, -0.15) is 0 Å². The van der Waals surface area contributed by atoms with Crippen LogP contribution in [-0.4, -0.2) is 57.8 Å². The number of nitrogens with zero attached hydrogens (tertiary/aromatic N) is 5. The number of hydrogen-bond donors (Lipinski definition) is 0. The molecular formula is C8H15N5OS. The quantitative estimate of drug-likeness (QED) is 0.481. The lowest BCUT2D eigenvalue weighted by molar-refractivity contribution is -0.105. The smallest absolute Gasteiger partial charge is 0.209 e. The molecule has 1 rings (SSSR count). The highest BCUT2D eigenvalue weighted by atomic mass is 32.2. The summed E-state index contributed by atoms with van der Waals surface area (Å²) in [7, 11) is 4.06. The molecule has 1 aromatic heterocycles. The Morgan fingerprint density at radius 1 is 1.53 bits per heavy atom. The van der Waals surface area contributed by atoms with E-state index in [1.165, 1.54) is 11.8 Å². The van der Waals surface area contributed by atoms with E-state index >= 15 is 0 Å². The Bertz CT molecular complexity index is 301. The van der Waals surface area contributed by atoms with Crippen LogP contribution in [0, 0.1) is 0 Å². The molecule has 15 heavy (non-hydrogen) atoms. The summed E-state index contributed by atoms with van der Waals surface area (Å²) in [6, 6.07) is 0. The first-order chi connectivity index (χ1) is 7.24. The molecule has 0 radical (unpaired) electrons. The molecule has 84 valence electrons. The number of carbonyl (C=O) groups excluding carboxylic acids is 1. The lowest BCUT2D eigenvalue weighted by Crippen LogP contribution is -2.15. The van der Waals surface area contributed by atoms with Crippen LogP contribution in [0.15, 0.2) is 5.16 Å². The van der Waals surface area contributed by atoms with Crippen LogP contribution in [0.25, 0.3) is 0 Å². The minimum Gasteiger partial charge on any atom is -0.309 e. The molecule has 0 atom stereocenters. The zero-order valence-corrected chi connectivity index (χ0v) is 9.77. The molecule has 6 nitrogen and oxygen atoms in total. The van der Waals surface area contributed by atoms with Crippen molar-refractivity contribution >= 4 is 18.0 Å². The van der Waals surface area contributed by atoms with Crippen LogP contribution in [0.4, 0.5) is 0 Å². The van der Waals surface area contributed by atoms with E-state index in [2.05, 4.69) is 20.4 Å². The van der Waals surface area contributed by atoms with Gasteiger partial charge in [-0.3, -0.25) is 0 Å². The van der Waals surface area contributed by atoms with Gasteiger partial charge in [0.1, 0.15) is 6.29 Å². The van der Waals surface area contributed by atoms with E-state index < -0.39 is 0 Å². The topological polar surface area (TPSA) is 63.9 Å². The van der Waals surface area contributed by atoms with Gasteiger partial charge >= 0.3 is 0 Å². The van der Waals surface area contributed by atoms with Crippen molar-refractivity contribution in [1.29, 1.82) is 0 Å². The highest BCUT2D eigenvalue weighted by molar-refractivity contribution is 7.99. The molecule has 1 aromatic rings. The Kier molecular flexibility index (Phi) is 5.27. The standard InChI is InChI=1S/C8H15N5OS/c1-12(2)4-3-5-13-8(9-10-11-13)15-7-6-14/h6H,3-5,7H2,1-2H3. The van der Waals surface area contributed by atoms with Gasteiger partial charge in [-0.05, 0) is 37.5 Å². The summed E-state index contributed by atoms with van der Waals surface area (Å²) in [5.41, 5.74) is 0. The van der Waals surface area contributed by atoms with Gasteiger partial charge < -0.3 is 9.69 Å². The van der Waals surface area contributed by atoms with Crippen molar-refractivity contribution in [3.05, 3.63) is 0 Å². The molecule has 0 N–H and O–H groups in total. The number of aromatic nitrogens is 4. The second kappa shape index (κ2) is 6.52. The van der Waals surface area contributed by atoms with Gasteiger partial charge in [-0.15, -0.1) is 5.10 Å². The summed E-state index contributed by atoms with van der Waals surface area (Å²) >= 11 is 1.36. The summed E-state index contributed by atoms with van der Waals surface area (Å²) in [6.45, 7) is 1.78. The van der Waals surface area contributed by atoms with Crippen molar-refractivity contribution in [3.8, 4) is 0 Å². The largest absolute Gasteiger partial charge is 0.309 e. The molecule has 0 amide bonds. The summed E-state index contributed by atoms with van der Waals surface area (Å²) in [5, 5.41) is 12.0. The molecular weight excluding hydrogens is 214 g/mol. The molecule has 1 heterocycles. The third kappa shape index (κ3) is 4.39. The Morgan fingerprint density at radius 2 is 2.33 bits per heavy atom. The number of aldehydes is 1. The van der Waals surface area contributed by atoms with Crippen LogP contribution >= 0.6 is 11.8 Å². The maximum Gasteiger partial charge on any atom is 0.209 e. The normalized spacial score (nSPS) is 10.9. The third-order valence-corrected chi connectivity index (χ3v) is 2.61. The van der Waals surface area contributed by atoms with Gasteiger partial charge in [-0.25, -0.2) is 4.68 Å². The number of hydrogen-bond acceptors (Lipinski definition) is 6. The minimum absolute atomic E-state index is 0.397. The van der Waals surface area contributed by atoms with Crippen molar-refractivity contribution < 1.29 is 4.79 Å². The SMILES string of the molecule is CN(C)CCCn1nnnc1SCC=O. The molecule has 0 aliphatic rings. The van der Waals surface area contributed by atoms with E-state index in [1.54, 1.807) is 4.68 Å². The second-order valence-corrected chi connectivity index (χ2v) is 4.31. The third-order valence-electron chi connectivity index (χ3n) is 1.75.